The number of hydrogen-bond donors (Lipinski definition) is 3. The van der Waals surface area contributed by atoms with Crippen LogP contribution in [0.3, 0.4) is 0 Å². The third-order valence-electron chi connectivity index (χ3n) is 9.51. The number of anilines is 2. The Morgan fingerprint density at radius 3 is 1.98 bits per heavy atom. The van der Waals surface area contributed by atoms with Crippen molar-refractivity contribution in [3.63, 3.8) is 0 Å². The zero-order chi connectivity index (χ0) is 38.3. The van der Waals surface area contributed by atoms with E-state index in [2.05, 4.69) is 65.6 Å². The maximum absolute atomic E-state index is 14.0. The average molecular weight is 743 g/mol. The van der Waals surface area contributed by atoms with Crippen LogP contribution in [0.5, 0.6) is 0 Å². The molecule has 7 aromatic rings. The molecule has 0 saturated heterocycles. The highest BCUT2D eigenvalue weighted by molar-refractivity contribution is 8.00. The smallest absolute Gasteiger partial charge is 0.272 e. The fourth-order valence-electron chi connectivity index (χ4n) is 6.62. The van der Waals surface area contributed by atoms with Crippen molar-refractivity contribution in [2.45, 2.75) is 43.4 Å². The van der Waals surface area contributed by atoms with Crippen molar-refractivity contribution in [3.05, 3.63) is 180 Å². The molecule has 0 spiro atoms. The number of amides is 3. The number of benzene rings is 6. The molecule has 6 aromatic carbocycles. The van der Waals surface area contributed by atoms with E-state index in [0.717, 1.165) is 44.5 Å². The molecule has 1 heterocycles. The van der Waals surface area contributed by atoms with Gasteiger partial charge in [-0.3, -0.25) is 14.4 Å². The number of thioether (sulfide) groups is 1. The van der Waals surface area contributed by atoms with Gasteiger partial charge in [-0.15, -0.1) is 11.8 Å². The molecule has 0 fully saturated rings. The molecule has 7 rings (SSSR count). The molecule has 0 aliphatic heterocycles. The Morgan fingerprint density at radius 2 is 1.29 bits per heavy atom. The lowest BCUT2D eigenvalue weighted by molar-refractivity contribution is -0.116. The first-order valence-corrected chi connectivity index (χ1v) is 19.3. The summed E-state index contributed by atoms with van der Waals surface area (Å²) in [7, 11) is 0. The van der Waals surface area contributed by atoms with Crippen LogP contribution >= 0.6 is 11.8 Å². The molecular formula is C47H42N4O3S. The van der Waals surface area contributed by atoms with Crippen LogP contribution in [0.2, 0.25) is 0 Å². The van der Waals surface area contributed by atoms with Crippen molar-refractivity contribution in [1.29, 1.82) is 0 Å². The molecule has 3 N–H and O–H groups in total. The molecule has 1 unspecified atom stereocenters. The van der Waals surface area contributed by atoms with Crippen molar-refractivity contribution >= 4 is 68.7 Å². The summed E-state index contributed by atoms with van der Waals surface area (Å²) < 4.78 is 2.29. The summed E-state index contributed by atoms with van der Waals surface area (Å²) in [5, 5.41) is 10.6. The maximum atomic E-state index is 14.0. The monoisotopic (exact) mass is 742 g/mol. The van der Waals surface area contributed by atoms with Gasteiger partial charge in [0.1, 0.15) is 10.9 Å². The van der Waals surface area contributed by atoms with Crippen molar-refractivity contribution in [2.24, 2.45) is 0 Å². The Morgan fingerprint density at radius 1 is 0.655 bits per heavy atom. The van der Waals surface area contributed by atoms with Crippen LogP contribution in [0.4, 0.5) is 11.4 Å². The van der Waals surface area contributed by atoms with Gasteiger partial charge in [0.05, 0.1) is 0 Å². The lowest BCUT2D eigenvalue weighted by atomic mass is 10.0. The second-order valence-corrected chi connectivity index (χ2v) is 14.7. The summed E-state index contributed by atoms with van der Waals surface area (Å²) in [6.07, 6.45) is 1.67. The first kappa shape index (κ1) is 37.0. The molecule has 1 atom stereocenters. The fourth-order valence-corrected chi connectivity index (χ4v) is 7.64. The quantitative estimate of drug-likeness (QED) is 0.0858. The number of para-hydroxylation sites is 1. The van der Waals surface area contributed by atoms with Crippen molar-refractivity contribution in [1.82, 2.24) is 9.88 Å². The highest BCUT2D eigenvalue weighted by Crippen LogP contribution is 2.38. The zero-order valence-electron chi connectivity index (χ0n) is 31.0. The molecule has 0 radical (unpaired) electrons. The molecule has 0 bridgehead atoms. The topological polar surface area (TPSA) is 92.2 Å². The van der Waals surface area contributed by atoms with Crippen molar-refractivity contribution < 1.29 is 14.4 Å². The van der Waals surface area contributed by atoms with Gasteiger partial charge in [-0.25, -0.2) is 0 Å². The first-order valence-electron chi connectivity index (χ1n) is 18.4. The predicted octanol–water partition coefficient (Wildman–Crippen LogP) is 10.8. The Balaban J connectivity index is 1.09. The number of rotatable bonds is 12. The van der Waals surface area contributed by atoms with Crippen LogP contribution in [-0.2, 0) is 16.1 Å². The predicted molar refractivity (Wildman–Crippen MR) is 226 cm³/mol. The number of hydrogen-bond acceptors (Lipinski definition) is 4. The summed E-state index contributed by atoms with van der Waals surface area (Å²) >= 11 is 1.43. The third-order valence-corrected chi connectivity index (χ3v) is 10.8. The van der Waals surface area contributed by atoms with E-state index in [4.69, 9.17) is 0 Å². The molecule has 3 amide bonds. The molecule has 0 saturated carbocycles. The number of fused-ring (bicyclic) bond motifs is 3. The minimum absolute atomic E-state index is 0.114. The number of nitrogens with zero attached hydrogens (tertiary/aromatic N) is 1. The normalized spacial score (nSPS) is 12.1. The molecule has 7 nitrogen and oxygen atoms in total. The summed E-state index contributed by atoms with van der Waals surface area (Å²) in [5.41, 5.74) is 6.97. The van der Waals surface area contributed by atoms with E-state index in [0.29, 0.717) is 17.2 Å². The van der Waals surface area contributed by atoms with Gasteiger partial charge in [0.15, 0.2) is 0 Å². The lowest BCUT2D eigenvalue weighted by Crippen LogP contribution is -2.30. The van der Waals surface area contributed by atoms with Gasteiger partial charge in [0.2, 0.25) is 5.91 Å². The van der Waals surface area contributed by atoms with Gasteiger partial charge in [0, 0.05) is 50.2 Å². The van der Waals surface area contributed by atoms with E-state index in [9.17, 15) is 14.4 Å². The SMILES string of the molecule is CCn1c2ccccc2c2cc(NC(=O)C(Sc3ccc(NC(=O)/C(=C/c4ccc(C(C)C)cc4)NC(=O)c4ccccc4)cc3)c3ccccc3)ccc21. The highest BCUT2D eigenvalue weighted by Gasteiger charge is 2.23. The van der Waals surface area contributed by atoms with Gasteiger partial charge in [-0.05, 0) is 96.3 Å². The van der Waals surface area contributed by atoms with E-state index < -0.39 is 11.2 Å². The molecule has 274 valence electrons. The van der Waals surface area contributed by atoms with E-state index in [1.165, 1.54) is 22.8 Å². The van der Waals surface area contributed by atoms with Crippen LogP contribution in [-0.4, -0.2) is 22.3 Å². The summed E-state index contributed by atoms with van der Waals surface area (Å²) in [6.45, 7) is 7.23. The number of aryl methyl sites for hydroxylation is 1. The maximum Gasteiger partial charge on any atom is 0.272 e. The van der Waals surface area contributed by atoms with Crippen molar-refractivity contribution in [3.8, 4) is 0 Å². The van der Waals surface area contributed by atoms with E-state index in [-0.39, 0.29) is 17.5 Å². The molecule has 55 heavy (non-hydrogen) atoms. The molecule has 0 aliphatic carbocycles. The first-order chi connectivity index (χ1) is 26.8. The molecule has 0 aliphatic rings. The van der Waals surface area contributed by atoms with Crippen LogP contribution < -0.4 is 16.0 Å². The lowest BCUT2D eigenvalue weighted by Gasteiger charge is -2.18. The largest absolute Gasteiger partial charge is 0.341 e. The second-order valence-electron chi connectivity index (χ2n) is 13.6. The summed E-state index contributed by atoms with van der Waals surface area (Å²) in [4.78, 5) is 41.7. The Labute approximate surface area is 325 Å². The van der Waals surface area contributed by atoms with Gasteiger partial charge in [-0.2, -0.15) is 0 Å². The van der Waals surface area contributed by atoms with Gasteiger partial charge in [0.25, 0.3) is 11.8 Å². The standard InChI is InChI=1S/C47H42N4O3S/c1-4-51-42-18-12-11-17-39(42)40-30-37(25-28-43(40)51)49-47(54)44(34-13-7-5-8-14-34)55-38-26-23-36(24-27-38)48-46(53)41(50-45(52)35-15-9-6-10-16-35)29-32-19-21-33(22-20-32)31(2)3/h5-31,44H,4H2,1-3H3,(H,48,53)(H,49,54)(H,50,52)/b41-29-. The van der Waals surface area contributed by atoms with E-state index in [1.54, 1.807) is 42.5 Å². The Bertz CT molecular complexity index is 2490. The van der Waals surface area contributed by atoms with Crippen LogP contribution in [0.25, 0.3) is 27.9 Å². The number of carbonyl (C=O) groups is 3. The molecular weight excluding hydrogens is 701 g/mol. The van der Waals surface area contributed by atoms with Crippen LogP contribution in [0.15, 0.2) is 162 Å². The Kier molecular flexibility index (Phi) is 11.3. The van der Waals surface area contributed by atoms with Gasteiger partial charge >= 0.3 is 0 Å². The summed E-state index contributed by atoms with van der Waals surface area (Å²) in [5.74, 6) is -0.617. The van der Waals surface area contributed by atoms with E-state index >= 15 is 0 Å². The number of nitrogens with one attached hydrogen (secondary N) is 3. The second kappa shape index (κ2) is 16.7. The zero-order valence-corrected chi connectivity index (χ0v) is 31.8. The average Bonchev–Trinajstić information content (AvgIpc) is 3.53. The number of carbonyl (C=O) groups excluding carboxylic acids is 3. The molecule has 8 heteroatoms. The van der Waals surface area contributed by atoms with Gasteiger partial charge in [-0.1, -0.05) is 105 Å². The van der Waals surface area contributed by atoms with Crippen LogP contribution in [0, 0.1) is 0 Å². The van der Waals surface area contributed by atoms with Gasteiger partial charge < -0.3 is 20.5 Å². The van der Waals surface area contributed by atoms with Crippen LogP contribution in [0.1, 0.15) is 59.0 Å². The fraction of sp³-hybridized carbons (Fsp3) is 0.128. The molecule has 1 aromatic heterocycles. The van der Waals surface area contributed by atoms with E-state index in [1.807, 2.05) is 91.0 Å². The minimum Gasteiger partial charge on any atom is -0.341 e. The number of aromatic nitrogens is 1. The summed E-state index contributed by atoms with van der Waals surface area (Å²) in [6, 6.07) is 48.2. The third kappa shape index (κ3) is 8.56. The van der Waals surface area contributed by atoms with Crippen molar-refractivity contribution in [2.75, 3.05) is 10.6 Å². The highest BCUT2D eigenvalue weighted by atomic mass is 32.2. The minimum atomic E-state index is -0.542. The Hall–Kier alpha value is -6.38.